The molecule has 0 bridgehead atoms. The maximum Gasteiger partial charge on any atom is 0.354 e. The Morgan fingerprint density at radius 2 is 1.90 bits per heavy atom. The van der Waals surface area contributed by atoms with Crippen LogP contribution in [0.15, 0.2) is 48.7 Å². The number of pyridine rings is 1. The Labute approximate surface area is 126 Å². The average Bonchev–Trinajstić information content (AvgIpc) is 2.86. The maximum atomic E-state index is 11.5. The summed E-state index contributed by atoms with van der Waals surface area (Å²) in [6.07, 6.45) is 2.97. The van der Waals surface area contributed by atoms with Crippen molar-refractivity contribution in [2.45, 2.75) is 12.8 Å². The zero-order chi connectivity index (χ0) is 14.8. The van der Waals surface area contributed by atoms with Gasteiger partial charge in [0.05, 0.1) is 10.7 Å². The first-order valence-corrected chi connectivity index (χ1v) is 6.97. The van der Waals surface area contributed by atoms with Crippen molar-refractivity contribution in [1.29, 1.82) is 0 Å². The molecule has 0 saturated heterocycles. The number of carboxylic acids is 1. The topological polar surface area (TPSA) is 54.6 Å². The molecule has 3 aromatic rings. The van der Waals surface area contributed by atoms with E-state index in [4.69, 9.17) is 11.6 Å². The largest absolute Gasteiger partial charge is 0.477 e. The van der Waals surface area contributed by atoms with Crippen molar-refractivity contribution in [3.63, 3.8) is 0 Å². The number of hydrogen-bond donors (Lipinski definition) is 1. The molecule has 2 aromatic heterocycles. The van der Waals surface area contributed by atoms with Crippen LogP contribution in [-0.2, 0) is 12.8 Å². The zero-order valence-corrected chi connectivity index (χ0v) is 11.9. The van der Waals surface area contributed by atoms with E-state index in [2.05, 4.69) is 4.98 Å². The highest BCUT2D eigenvalue weighted by Crippen LogP contribution is 2.21. The zero-order valence-electron chi connectivity index (χ0n) is 11.2. The van der Waals surface area contributed by atoms with Crippen LogP contribution in [-0.4, -0.2) is 20.5 Å². The highest BCUT2D eigenvalue weighted by molar-refractivity contribution is 6.33. The molecule has 0 aliphatic carbocycles. The molecule has 0 aliphatic rings. The molecule has 5 heteroatoms. The summed E-state index contributed by atoms with van der Waals surface area (Å²) in [5.74, 6) is -0.993. The summed E-state index contributed by atoms with van der Waals surface area (Å²) >= 11 is 6.09. The Bertz CT molecular complexity index is 797. The van der Waals surface area contributed by atoms with Crippen LogP contribution in [0.2, 0.25) is 5.02 Å². The lowest BCUT2D eigenvalue weighted by molar-refractivity contribution is 0.0688. The summed E-state index contributed by atoms with van der Waals surface area (Å²) in [4.78, 5) is 15.9. The van der Waals surface area contributed by atoms with Crippen molar-refractivity contribution < 1.29 is 9.90 Å². The number of benzene rings is 1. The van der Waals surface area contributed by atoms with E-state index in [1.54, 1.807) is 18.3 Å². The second-order valence-corrected chi connectivity index (χ2v) is 5.15. The minimum absolute atomic E-state index is 0.184. The molecule has 106 valence electrons. The van der Waals surface area contributed by atoms with E-state index in [1.807, 2.05) is 30.3 Å². The molecule has 21 heavy (non-hydrogen) atoms. The standard InChI is InChI=1S/C16H13ClN2O2/c17-12-7-4-10-19-14(16(20)21)13(18-15(12)19)9-8-11-5-2-1-3-6-11/h1-7,10H,8-9H2,(H,20,21). The van der Waals surface area contributed by atoms with E-state index in [9.17, 15) is 9.90 Å². The van der Waals surface area contributed by atoms with E-state index in [0.717, 1.165) is 12.0 Å². The molecule has 0 saturated carbocycles. The van der Waals surface area contributed by atoms with E-state index in [0.29, 0.717) is 22.8 Å². The second-order valence-electron chi connectivity index (χ2n) is 4.75. The predicted molar refractivity (Wildman–Crippen MR) is 81.0 cm³/mol. The third-order valence-corrected chi connectivity index (χ3v) is 3.67. The summed E-state index contributed by atoms with van der Waals surface area (Å²) in [5.41, 5.74) is 2.37. The number of halogens is 1. The number of aromatic carboxylic acids is 1. The predicted octanol–water partition coefficient (Wildman–Crippen LogP) is 3.47. The van der Waals surface area contributed by atoms with Gasteiger partial charge in [-0.25, -0.2) is 9.78 Å². The summed E-state index contributed by atoms with van der Waals surface area (Å²) < 4.78 is 1.53. The maximum absolute atomic E-state index is 11.5. The number of fused-ring (bicyclic) bond motifs is 1. The molecule has 0 radical (unpaired) electrons. The molecule has 1 N–H and O–H groups in total. The molecule has 0 aliphatic heterocycles. The average molecular weight is 301 g/mol. The molecule has 0 atom stereocenters. The number of imidazole rings is 1. The van der Waals surface area contributed by atoms with Crippen LogP contribution < -0.4 is 0 Å². The minimum atomic E-state index is -0.993. The molecule has 0 unspecified atom stereocenters. The van der Waals surface area contributed by atoms with Crippen LogP contribution in [0, 0.1) is 0 Å². The van der Waals surface area contributed by atoms with Gasteiger partial charge < -0.3 is 5.11 Å². The SMILES string of the molecule is O=C(O)c1c(CCc2ccccc2)nc2c(Cl)cccn12. The van der Waals surface area contributed by atoms with Crippen LogP contribution in [0.3, 0.4) is 0 Å². The fourth-order valence-corrected chi connectivity index (χ4v) is 2.60. The summed E-state index contributed by atoms with van der Waals surface area (Å²) in [6, 6.07) is 13.3. The normalized spacial score (nSPS) is 10.9. The van der Waals surface area contributed by atoms with Gasteiger partial charge in [0.1, 0.15) is 0 Å². The summed E-state index contributed by atoms with van der Waals surface area (Å²) in [6.45, 7) is 0. The molecule has 0 fully saturated rings. The van der Waals surface area contributed by atoms with Crippen molar-refractivity contribution in [1.82, 2.24) is 9.38 Å². The van der Waals surface area contributed by atoms with Crippen LogP contribution in [0.25, 0.3) is 5.65 Å². The third kappa shape index (κ3) is 2.62. The highest BCUT2D eigenvalue weighted by Gasteiger charge is 2.19. The molecular formula is C16H13ClN2O2. The van der Waals surface area contributed by atoms with Crippen molar-refractivity contribution in [2.24, 2.45) is 0 Å². The molecule has 1 aromatic carbocycles. The van der Waals surface area contributed by atoms with Crippen molar-refractivity contribution in [2.75, 3.05) is 0 Å². The van der Waals surface area contributed by atoms with Gasteiger partial charge in [-0.2, -0.15) is 0 Å². The first-order valence-electron chi connectivity index (χ1n) is 6.59. The van der Waals surface area contributed by atoms with Gasteiger partial charge in [-0.15, -0.1) is 0 Å². The van der Waals surface area contributed by atoms with Crippen LogP contribution in [0.1, 0.15) is 21.7 Å². The minimum Gasteiger partial charge on any atom is -0.477 e. The second kappa shape index (κ2) is 5.58. The highest BCUT2D eigenvalue weighted by atomic mass is 35.5. The fraction of sp³-hybridized carbons (Fsp3) is 0.125. The Balaban J connectivity index is 2.00. The number of carbonyl (C=O) groups is 1. The lowest BCUT2D eigenvalue weighted by Gasteiger charge is -2.01. The Hall–Kier alpha value is -2.33. The molecular weight excluding hydrogens is 288 g/mol. The van der Waals surface area contributed by atoms with Gasteiger partial charge >= 0.3 is 5.97 Å². The molecule has 0 amide bonds. The number of rotatable bonds is 4. The van der Waals surface area contributed by atoms with Gasteiger partial charge in [-0.05, 0) is 30.5 Å². The molecule has 4 nitrogen and oxygen atoms in total. The third-order valence-electron chi connectivity index (χ3n) is 3.37. The van der Waals surface area contributed by atoms with Crippen LogP contribution in [0.4, 0.5) is 0 Å². The Morgan fingerprint density at radius 1 is 1.14 bits per heavy atom. The molecule has 0 spiro atoms. The van der Waals surface area contributed by atoms with E-state index < -0.39 is 5.97 Å². The summed E-state index contributed by atoms with van der Waals surface area (Å²) in [7, 11) is 0. The molecule has 3 rings (SSSR count). The van der Waals surface area contributed by atoms with Crippen LogP contribution >= 0.6 is 11.6 Å². The van der Waals surface area contributed by atoms with Gasteiger partial charge in [-0.1, -0.05) is 41.9 Å². The van der Waals surface area contributed by atoms with Crippen LogP contribution in [0.5, 0.6) is 0 Å². The lowest BCUT2D eigenvalue weighted by Crippen LogP contribution is -2.06. The number of aromatic nitrogens is 2. The van der Waals surface area contributed by atoms with Crippen molar-refractivity contribution in [3.8, 4) is 0 Å². The van der Waals surface area contributed by atoms with Gasteiger partial charge in [0.15, 0.2) is 11.3 Å². The van der Waals surface area contributed by atoms with Gasteiger partial charge in [0, 0.05) is 6.20 Å². The number of hydrogen-bond acceptors (Lipinski definition) is 2. The monoisotopic (exact) mass is 300 g/mol. The molecule has 2 heterocycles. The van der Waals surface area contributed by atoms with Crippen molar-refractivity contribution >= 4 is 23.2 Å². The quantitative estimate of drug-likeness (QED) is 0.802. The van der Waals surface area contributed by atoms with E-state index in [-0.39, 0.29) is 5.69 Å². The first-order chi connectivity index (χ1) is 10.2. The lowest BCUT2D eigenvalue weighted by atomic mass is 10.1. The fourth-order valence-electron chi connectivity index (χ4n) is 2.39. The summed E-state index contributed by atoms with van der Waals surface area (Å²) in [5, 5.41) is 9.89. The van der Waals surface area contributed by atoms with Crippen molar-refractivity contribution in [3.05, 3.63) is 70.6 Å². The number of nitrogens with zero attached hydrogens (tertiary/aromatic N) is 2. The van der Waals surface area contributed by atoms with E-state index >= 15 is 0 Å². The Kier molecular flexibility index (Phi) is 3.62. The number of aryl methyl sites for hydroxylation is 2. The van der Waals surface area contributed by atoms with Gasteiger partial charge in [0.2, 0.25) is 0 Å². The first kappa shape index (κ1) is 13.6. The smallest absolute Gasteiger partial charge is 0.354 e. The van der Waals surface area contributed by atoms with E-state index in [1.165, 1.54) is 4.40 Å². The number of carboxylic acid groups (broad SMARTS) is 1. The van der Waals surface area contributed by atoms with Gasteiger partial charge in [-0.3, -0.25) is 4.40 Å². The van der Waals surface area contributed by atoms with Gasteiger partial charge in [0.25, 0.3) is 0 Å². The Morgan fingerprint density at radius 3 is 2.62 bits per heavy atom.